The second kappa shape index (κ2) is 5.14. The van der Waals surface area contributed by atoms with Crippen LogP contribution in [0, 0.1) is 0 Å². The van der Waals surface area contributed by atoms with Crippen molar-refractivity contribution in [3.63, 3.8) is 0 Å². The minimum Gasteiger partial charge on any atom is -0.400 e. The quantitative estimate of drug-likeness (QED) is 0.391. The molecule has 1 aromatic carbocycles. The van der Waals surface area contributed by atoms with E-state index in [4.69, 9.17) is 10.8 Å². The van der Waals surface area contributed by atoms with Crippen molar-refractivity contribution in [1.29, 1.82) is 0 Å². The molecule has 0 atom stereocenters. The molecule has 56 valence electrons. The van der Waals surface area contributed by atoms with Crippen molar-refractivity contribution in [1.82, 2.24) is 0 Å². The summed E-state index contributed by atoms with van der Waals surface area (Å²) in [5, 5.41) is 7.00. The maximum Gasteiger partial charge on any atom is 0.0449 e. The lowest BCUT2D eigenvalue weighted by atomic mass is 10.3. The number of anilines is 1. The van der Waals surface area contributed by atoms with E-state index in [1.54, 1.807) is 0 Å². The summed E-state index contributed by atoms with van der Waals surface area (Å²) in [6.45, 7) is 0. The predicted molar refractivity (Wildman–Crippen MR) is 46.2 cm³/mol. The topological polar surface area (TPSA) is 46.2 Å². The van der Waals surface area contributed by atoms with Crippen molar-refractivity contribution in [2.75, 3.05) is 12.8 Å². The maximum atomic E-state index is 7.00. The van der Waals surface area contributed by atoms with Gasteiger partial charge in [-0.15, -0.1) is 12.6 Å². The highest BCUT2D eigenvalue weighted by Gasteiger charge is 1.85. The summed E-state index contributed by atoms with van der Waals surface area (Å²) in [4.78, 5) is 0.840. The summed E-state index contributed by atoms with van der Waals surface area (Å²) in [6.07, 6.45) is 0. The first-order chi connectivity index (χ1) is 4.80. The first-order valence-corrected chi connectivity index (χ1v) is 3.23. The monoisotopic (exact) mass is 157 g/mol. The molecular weight excluding hydrogens is 146 g/mol. The van der Waals surface area contributed by atoms with E-state index in [1.807, 2.05) is 24.3 Å². The largest absolute Gasteiger partial charge is 0.400 e. The smallest absolute Gasteiger partial charge is 0.0449 e. The van der Waals surface area contributed by atoms with Gasteiger partial charge in [-0.1, -0.05) is 12.1 Å². The minimum absolute atomic E-state index is 0.732. The van der Waals surface area contributed by atoms with Crippen LogP contribution >= 0.6 is 12.6 Å². The summed E-state index contributed by atoms with van der Waals surface area (Å²) in [6, 6.07) is 7.47. The SMILES string of the molecule is CO.Nc1ccccc1S. The summed E-state index contributed by atoms with van der Waals surface area (Å²) < 4.78 is 0. The molecule has 0 unspecified atom stereocenters. The van der Waals surface area contributed by atoms with E-state index >= 15 is 0 Å². The van der Waals surface area contributed by atoms with Gasteiger partial charge in [-0.25, -0.2) is 0 Å². The molecule has 0 amide bonds. The number of hydrogen-bond donors (Lipinski definition) is 3. The molecule has 3 N–H and O–H groups in total. The molecule has 0 aliphatic rings. The van der Waals surface area contributed by atoms with Gasteiger partial charge in [0, 0.05) is 17.7 Å². The van der Waals surface area contributed by atoms with Crippen molar-refractivity contribution >= 4 is 18.3 Å². The number of nitrogen functional groups attached to an aromatic ring is 1. The first kappa shape index (κ1) is 9.33. The lowest BCUT2D eigenvalue weighted by Crippen LogP contribution is -1.83. The Morgan fingerprint density at radius 3 is 2.10 bits per heavy atom. The van der Waals surface area contributed by atoms with Crippen LogP contribution in [0.15, 0.2) is 29.2 Å². The first-order valence-electron chi connectivity index (χ1n) is 2.79. The second-order valence-electron chi connectivity index (χ2n) is 1.56. The zero-order valence-corrected chi connectivity index (χ0v) is 6.68. The molecule has 0 radical (unpaired) electrons. The third kappa shape index (κ3) is 2.75. The number of nitrogens with two attached hydrogens (primary N) is 1. The van der Waals surface area contributed by atoms with Crippen molar-refractivity contribution in [2.24, 2.45) is 0 Å². The second-order valence-corrected chi connectivity index (χ2v) is 2.04. The van der Waals surface area contributed by atoms with Crippen LogP contribution in [0.5, 0.6) is 0 Å². The normalized spacial score (nSPS) is 7.90. The molecule has 2 nitrogen and oxygen atoms in total. The highest BCUT2D eigenvalue weighted by atomic mass is 32.1. The molecule has 1 aromatic rings. The van der Waals surface area contributed by atoms with E-state index < -0.39 is 0 Å². The fourth-order valence-electron chi connectivity index (χ4n) is 0.488. The molecule has 0 aliphatic heterocycles. The Hall–Kier alpha value is -0.670. The third-order valence-corrected chi connectivity index (χ3v) is 1.34. The van der Waals surface area contributed by atoms with Crippen LogP contribution in [0.1, 0.15) is 0 Å². The van der Waals surface area contributed by atoms with Crippen LogP contribution < -0.4 is 5.73 Å². The van der Waals surface area contributed by atoms with E-state index in [0.29, 0.717) is 0 Å². The Morgan fingerprint density at radius 2 is 1.80 bits per heavy atom. The highest BCUT2D eigenvalue weighted by molar-refractivity contribution is 7.80. The molecule has 0 saturated carbocycles. The van der Waals surface area contributed by atoms with E-state index in [2.05, 4.69) is 12.6 Å². The maximum absolute atomic E-state index is 7.00. The van der Waals surface area contributed by atoms with Gasteiger partial charge >= 0.3 is 0 Å². The summed E-state index contributed by atoms with van der Waals surface area (Å²) >= 11 is 4.07. The highest BCUT2D eigenvalue weighted by Crippen LogP contribution is 2.13. The Morgan fingerprint density at radius 1 is 1.30 bits per heavy atom. The van der Waals surface area contributed by atoms with Crippen LogP contribution in [0.3, 0.4) is 0 Å². The van der Waals surface area contributed by atoms with E-state index in [-0.39, 0.29) is 0 Å². The van der Waals surface area contributed by atoms with Crippen molar-refractivity contribution < 1.29 is 5.11 Å². The Balaban J connectivity index is 0.000000371. The number of thiol groups is 1. The molecule has 10 heavy (non-hydrogen) atoms. The zero-order chi connectivity index (χ0) is 7.98. The average Bonchev–Trinajstić information content (AvgIpc) is 2.00. The number of benzene rings is 1. The summed E-state index contributed by atoms with van der Waals surface area (Å²) in [7, 11) is 1.00. The standard InChI is InChI=1S/C6H7NS.CH4O/c7-5-3-1-2-4-6(5)8;1-2/h1-4,8H,7H2;2H,1H3. The number of hydrogen-bond acceptors (Lipinski definition) is 3. The van der Waals surface area contributed by atoms with Crippen LogP contribution in [-0.4, -0.2) is 12.2 Å². The lowest BCUT2D eigenvalue weighted by Gasteiger charge is -1.92. The summed E-state index contributed by atoms with van der Waals surface area (Å²) in [5.41, 5.74) is 6.18. The zero-order valence-electron chi connectivity index (χ0n) is 5.78. The third-order valence-electron chi connectivity index (χ3n) is 0.937. The molecule has 3 heteroatoms. The van der Waals surface area contributed by atoms with Crippen LogP contribution in [-0.2, 0) is 0 Å². The molecular formula is C7H11NOS. The van der Waals surface area contributed by atoms with Gasteiger partial charge in [0.15, 0.2) is 0 Å². The number of aliphatic hydroxyl groups is 1. The van der Waals surface area contributed by atoms with Gasteiger partial charge in [0.25, 0.3) is 0 Å². The predicted octanol–water partition coefficient (Wildman–Crippen LogP) is 1.17. The van der Waals surface area contributed by atoms with Crippen molar-refractivity contribution in [2.45, 2.75) is 4.90 Å². The van der Waals surface area contributed by atoms with Gasteiger partial charge in [0.05, 0.1) is 0 Å². The average molecular weight is 157 g/mol. The summed E-state index contributed by atoms with van der Waals surface area (Å²) in [5.74, 6) is 0. The van der Waals surface area contributed by atoms with Gasteiger partial charge < -0.3 is 10.8 Å². The molecule has 0 fully saturated rings. The molecule has 0 saturated heterocycles. The number of aliphatic hydroxyl groups excluding tert-OH is 1. The van der Waals surface area contributed by atoms with Crippen LogP contribution in [0.4, 0.5) is 5.69 Å². The molecule has 0 aromatic heterocycles. The van der Waals surface area contributed by atoms with Gasteiger partial charge in [-0.3, -0.25) is 0 Å². The minimum atomic E-state index is 0.732. The molecule has 0 bridgehead atoms. The van der Waals surface area contributed by atoms with Gasteiger partial charge in [0.1, 0.15) is 0 Å². The number of rotatable bonds is 0. The Bertz CT molecular complexity index is 170. The van der Waals surface area contributed by atoms with E-state index in [1.165, 1.54) is 0 Å². The van der Waals surface area contributed by atoms with Crippen LogP contribution in [0.2, 0.25) is 0 Å². The number of para-hydroxylation sites is 1. The fourth-order valence-corrected chi connectivity index (χ4v) is 0.648. The fraction of sp³-hybridized carbons (Fsp3) is 0.143. The Labute approximate surface area is 66.1 Å². The van der Waals surface area contributed by atoms with E-state index in [9.17, 15) is 0 Å². The molecule has 0 heterocycles. The molecule has 0 aliphatic carbocycles. The Kier molecular flexibility index (Phi) is 4.80. The lowest BCUT2D eigenvalue weighted by molar-refractivity contribution is 0.399. The van der Waals surface area contributed by atoms with Gasteiger partial charge in [0.2, 0.25) is 0 Å². The van der Waals surface area contributed by atoms with Crippen molar-refractivity contribution in [3.8, 4) is 0 Å². The van der Waals surface area contributed by atoms with Gasteiger partial charge in [-0.2, -0.15) is 0 Å². The van der Waals surface area contributed by atoms with Gasteiger partial charge in [-0.05, 0) is 12.1 Å². The van der Waals surface area contributed by atoms with E-state index in [0.717, 1.165) is 17.7 Å². The van der Waals surface area contributed by atoms with Crippen molar-refractivity contribution in [3.05, 3.63) is 24.3 Å². The molecule has 1 rings (SSSR count). The van der Waals surface area contributed by atoms with Crippen LogP contribution in [0.25, 0.3) is 0 Å². The molecule has 0 spiro atoms.